The minimum Gasteiger partial charge on any atom is -0.477 e. The van der Waals surface area contributed by atoms with Gasteiger partial charge in [-0.25, -0.2) is 14.8 Å². The summed E-state index contributed by atoms with van der Waals surface area (Å²) < 4.78 is 7.71. The van der Waals surface area contributed by atoms with Crippen LogP contribution in [0.4, 0.5) is 11.5 Å². The van der Waals surface area contributed by atoms with Crippen molar-refractivity contribution >= 4 is 51.6 Å². The van der Waals surface area contributed by atoms with E-state index < -0.39 is 11.4 Å². The summed E-state index contributed by atoms with van der Waals surface area (Å²) in [4.78, 5) is 40.8. The number of anilines is 2. The lowest BCUT2D eigenvalue weighted by molar-refractivity contribution is 0.0695. The molecule has 2 fully saturated rings. The molecule has 0 saturated carbocycles. The van der Waals surface area contributed by atoms with Crippen LogP contribution in [0.2, 0.25) is 10.0 Å². The molecular formula is C31H32Cl2N6O4. The first-order valence-corrected chi connectivity index (χ1v) is 14.9. The SMILES string of the molecule is CC1C[C@H](COc2ncccc2Cl)N(c2cc3c(cc2Cl)c(=O)c(C(=O)O)cn3-c2ccc(N3CC(N(C)C)C3)nc2)C1. The van der Waals surface area contributed by atoms with Gasteiger partial charge < -0.3 is 29.1 Å². The number of fused-ring (bicyclic) bond motifs is 1. The zero-order valence-corrected chi connectivity index (χ0v) is 25.6. The lowest BCUT2D eigenvalue weighted by atomic mass is 10.1. The molecular weight excluding hydrogens is 591 g/mol. The molecule has 5 heterocycles. The molecule has 2 atom stereocenters. The molecule has 43 heavy (non-hydrogen) atoms. The Balaban J connectivity index is 1.38. The van der Waals surface area contributed by atoms with E-state index >= 15 is 0 Å². The fourth-order valence-corrected chi connectivity index (χ4v) is 6.30. The van der Waals surface area contributed by atoms with Crippen molar-refractivity contribution in [1.82, 2.24) is 19.4 Å². The van der Waals surface area contributed by atoms with E-state index in [4.69, 9.17) is 27.9 Å². The molecule has 1 unspecified atom stereocenters. The van der Waals surface area contributed by atoms with Crippen LogP contribution >= 0.6 is 23.2 Å². The standard InChI is InChI=1S/C31H32Cl2N6O4/c1-18-9-20(17-43-30-24(32)5-4-8-34-30)38(13-18)27-11-26-22(10-25(27)33)29(40)23(31(41)42)16-39(26)19-6-7-28(35-12-19)37-14-21(15-37)36(2)3/h4-8,10-12,16,18,20-21H,9,13-15,17H2,1-3H3,(H,41,42)/t18?,20-/m1/s1. The van der Waals surface area contributed by atoms with Gasteiger partial charge in [-0.2, -0.15) is 0 Å². The largest absolute Gasteiger partial charge is 0.477 e. The fourth-order valence-electron chi connectivity index (χ4n) is 5.85. The maximum Gasteiger partial charge on any atom is 0.341 e. The monoisotopic (exact) mass is 622 g/mol. The number of likely N-dealkylation sites (N-methyl/N-ethyl adjacent to an activating group) is 1. The molecule has 10 nitrogen and oxygen atoms in total. The van der Waals surface area contributed by atoms with E-state index in [1.54, 1.807) is 35.2 Å². The van der Waals surface area contributed by atoms with Crippen molar-refractivity contribution in [2.45, 2.75) is 25.4 Å². The third kappa shape index (κ3) is 5.62. The molecule has 4 aromatic rings. The molecule has 1 N–H and O–H groups in total. The van der Waals surface area contributed by atoms with Crippen LogP contribution in [0.15, 0.2) is 59.8 Å². The number of halogens is 2. The van der Waals surface area contributed by atoms with Gasteiger partial charge in [0.25, 0.3) is 0 Å². The van der Waals surface area contributed by atoms with Crippen LogP contribution in [0.5, 0.6) is 5.88 Å². The second-order valence-corrected chi connectivity index (χ2v) is 12.3. The minimum absolute atomic E-state index is 0.0232. The number of benzene rings is 1. The Hall–Kier alpha value is -3.86. The van der Waals surface area contributed by atoms with Crippen molar-refractivity contribution in [3.63, 3.8) is 0 Å². The van der Waals surface area contributed by atoms with E-state index in [9.17, 15) is 14.7 Å². The van der Waals surface area contributed by atoms with Crippen LogP contribution in [0, 0.1) is 5.92 Å². The molecule has 1 aromatic carbocycles. The topological polar surface area (TPSA) is 104 Å². The van der Waals surface area contributed by atoms with Crippen molar-refractivity contribution in [3.05, 3.63) is 80.8 Å². The van der Waals surface area contributed by atoms with Gasteiger partial charge in [0, 0.05) is 43.5 Å². The molecule has 2 aliphatic rings. The van der Waals surface area contributed by atoms with Gasteiger partial charge in [-0.1, -0.05) is 30.1 Å². The van der Waals surface area contributed by atoms with Gasteiger partial charge in [0.1, 0.15) is 23.0 Å². The van der Waals surface area contributed by atoms with Crippen LogP contribution in [0.25, 0.3) is 16.6 Å². The average Bonchev–Trinajstić information content (AvgIpc) is 3.32. The van der Waals surface area contributed by atoms with E-state index in [1.807, 2.05) is 18.2 Å². The molecule has 0 spiro atoms. The van der Waals surface area contributed by atoms with Crippen LogP contribution in [0.1, 0.15) is 23.7 Å². The number of carbonyl (C=O) groups is 1. The Morgan fingerprint density at radius 2 is 1.91 bits per heavy atom. The first kappa shape index (κ1) is 29.2. The zero-order valence-electron chi connectivity index (χ0n) is 24.1. The third-order valence-electron chi connectivity index (χ3n) is 8.30. The molecule has 0 bridgehead atoms. The lowest BCUT2D eigenvalue weighted by Crippen LogP contribution is -2.57. The van der Waals surface area contributed by atoms with Crippen LogP contribution < -0.4 is 20.0 Å². The average molecular weight is 624 g/mol. The van der Waals surface area contributed by atoms with E-state index in [2.05, 4.69) is 45.7 Å². The smallest absolute Gasteiger partial charge is 0.341 e. The van der Waals surface area contributed by atoms with Gasteiger partial charge >= 0.3 is 5.97 Å². The highest BCUT2D eigenvalue weighted by Gasteiger charge is 2.33. The van der Waals surface area contributed by atoms with E-state index in [0.29, 0.717) is 45.7 Å². The predicted octanol–water partition coefficient (Wildman–Crippen LogP) is 4.83. The summed E-state index contributed by atoms with van der Waals surface area (Å²) in [6.07, 6.45) is 5.56. The molecule has 0 radical (unpaired) electrons. The Labute approximate surface area is 259 Å². The first-order valence-electron chi connectivity index (χ1n) is 14.1. The number of carboxylic acid groups (broad SMARTS) is 1. The van der Waals surface area contributed by atoms with E-state index in [0.717, 1.165) is 37.6 Å². The molecule has 0 aliphatic carbocycles. The molecule has 3 aromatic heterocycles. The molecule has 2 aliphatic heterocycles. The highest BCUT2D eigenvalue weighted by atomic mass is 35.5. The van der Waals surface area contributed by atoms with E-state index in [-0.39, 0.29) is 17.0 Å². The Morgan fingerprint density at radius 3 is 2.58 bits per heavy atom. The normalized spacial score (nSPS) is 18.8. The molecule has 224 valence electrons. The Morgan fingerprint density at radius 1 is 1.12 bits per heavy atom. The zero-order chi connectivity index (χ0) is 30.4. The van der Waals surface area contributed by atoms with Gasteiger partial charge in [0.05, 0.1) is 34.2 Å². The number of aromatic carboxylic acids is 1. The summed E-state index contributed by atoms with van der Waals surface area (Å²) in [5.41, 5.74) is 0.966. The number of pyridine rings is 3. The predicted molar refractivity (Wildman–Crippen MR) is 169 cm³/mol. The summed E-state index contributed by atoms with van der Waals surface area (Å²) in [6.45, 7) is 5.01. The van der Waals surface area contributed by atoms with Crippen LogP contribution in [-0.2, 0) is 0 Å². The van der Waals surface area contributed by atoms with Crippen molar-refractivity contribution in [3.8, 4) is 11.6 Å². The molecule has 2 saturated heterocycles. The fraction of sp³-hybridized carbons (Fsp3) is 0.355. The lowest BCUT2D eigenvalue weighted by Gasteiger charge is -2.43. The van der Waals surface area contributed by atoms with Crippen molar-refractivity contribution < 1.29 is 14.6 Å². The van der Waals surface area contributed by atoms with Gasteiger partial charge in [-0.15, -0.1) is 0 Å². The molecule has 6 rings (SSSR count). The second-order valence-electron chi connectivity index (χ2n) is 11.5. The summed E-state index contributed by atoms with van der Waals surface area (Å²) in [7, 11) is 4.13. The highest BCUT2D eigenvalue weighted by molar-refractivity contribution is 6.34. The van der Waals surface area contributed by atoms with Gasteiger partial charge in [-0.05, 0) is 62.8 Å². The molecule has 0 amide bonds. The van der Waals surface area contributed by atoms with Gasteiger partial charge in [0.15, 0.2) is 0 Å². The van der Waals surface area contributed by atoms with E-state index in [1.165, 1.54) is 6.20 Å². The summed E-state index contributed by atoms with van der Waals surface area (Å²) in [6, 6.07) is 11.2. The van der Waals surface area contributed by atoms with Crippen LogP contribution in [0.3, 0.4) is 0 Å². The van der Waals surface area contributed by atoms with Crippen molar-refractivity contribution in [1.29, 1.82) is 0 Å². The third-order valence-corrected chi connectivity index (χ3v) is 8.89. The number of rotatable bonds is 8. The van der Waals surface area contributed by atoms with Crippen molar-refractivity contribution in [2.75, 3.05) is 50.1 Å². The van der Waals surface area contributed by atoms with Gasteiger partial charge in [-0.3, -0.25) is 4.79 Å². The maximum absolute atomic E-state index is 13.3. The molecule has 12 heteroatoms. The van der Waals surface area contributed by atoms with Gasteiger partial charge in [0.2, 0.25) is 11.3 Å². The summed E-state index contributed by atoms with van der Waals surface area (Å²) in [5, 5.41) is 10.9. The summed E-state index contributed by atoms with van der Waals surface area (Å²) >= 11 is 13.1. The van der Waals surface area contributed by atoms with Crippen LogP contribution in [-0.4, -0.2) is 82.9 Å². The Kier molecular flexibility index (Phi) is 7.93. The first-order chi connectivity index (χ1) is 20.6. The number of aromatic nitrogens is 3. The second kappa shape index (κ2) is 11.7. The maximum atomic E-state index is 13.3. The minimum atomic E-state index is -1.31. The number of hydrogen-bond acceptors (Lipinski definition) is 8. The number of carboxylic acids is 1. The number of nitrogens with zero attached hydrogens (tertiary/aromatic N) is 6. The quantitative estimate of drug-likeness (QED) is 0.296. The van der Waals surface area contributed by atoms with Crippen molar-refractivity contribution in [2.24, 2.45) is 5.92 Å². The summed E-state index contributed by atoms with van der Waals surface area (Å²) in [5.74, 6) is 0.270. The Bertz CT molecular complexity index is 1740. The number of ether oxygens (including phenoxy) is 1. The highest BCUT2D eigenvalue weighted by Crippen LogP contribution is 2.37. The number of hydrogen-bond donors (Lipinski definition) is 1.